The maximum atomic E-state index is 7.00. The monoisotopic (exact) mass is 593 g/mol. The first-order valence-corrected chi connectivity index (χ1v) is 9.41. The molecular formula is C26H28IrN2O2-2. The molecule has 0 atom stereocenters. The summed E-state index contributed by atoms with van der Waals surface area (Å²) >= 11 is 0. The number of hydrogen-bond donors (Lipinski definition) is 2. The van der Waals surface area contributed by atoms with Crippen molar-refractivity contribution in [2.75, 3.05) is 14.2 Å². The van der Waals surface area contributed by atoms with E-state index in [0.717, 1.165) is 36.7 Å². The second kappa shape index (κ2) is 17.0. The number of pyridine rings is 2. The van der Waals surface area contributed by atoms with E-state index in [0.29, 0.717) is 0 Å². The molecule has 4 nitrogen and oxygen atoms in total. The van der Waals surface area contributed by atoms with Gasteiger partial charge in [0.1, 0.15) is 0 Å². The third-order valence-electron chi connectivity index (χ3n) is 3.82. The quantitative estimate of drug-likeness (QED) is 0.324. The van der Waals surface area contributed by atoms with Gasteiger partial charge in [0.2, 0.25) is 0 Å². The van der Waals surface area contributed by atoms with E-state index >= 15 is 0 Å². The smallest absolute Gasteiger partial charge is 0.0319 e. The minimum absolute atomic E-state index is 0. The van der Waals surface area contributed by atoms with Gasteiger partial charge in [0.25, 0.3) is 0 Å². The Labute approximate surface area is 199 Å². The fourth-order valence-electron chi connectivity index (χ4n) is 2.37. The van der Waals surface area contributed by atoms with E-state index in [1.165, 1.54) is 11.1 Å². The molecule has 0 saturated carbocycles. The number of aliphatic hydroxyl groups is 2. The zero-order valence-corrected chi connectivity index (χ0v) is 20.6. The molecule has 0 aliphatic carbocycles. The van der Waals surface area contributed by atoms with Gasteiger partial charge in [-0.2, -0.15) is 0 Å². The molecule has 0 fully saturated rings. The molecule has 4 aromatic rings. The Bertz CT molecular complexity index is 849. The van der Waals surface area contributed by atoms with E-state index in [4.69, 9.17) is 10.2 Å². The molecular weight excluding hydrogens is 565 g/mol. The van der Waals surface area contributed by atoms with Gasteiger partial charge in [-0.1, -0.05) is 38.1 Å². The zero-order valence-electron chi connectivity index (χ0n) is 18.2. The summed E-state index contributed by atoms with van der Waals surface area (Å²) in [6.07, 6.45) is 3.59. The summed E-state index contributed by atoms with van der Waals surface area (Å²) in [5.74, 6) is 0. The van der Waals surface area contributed by atoms with Crippen molar-refractivity contribution < 1.29 is 30.3 Å². The standard InChI is InChI=1S/2C12H10N.2CH4O.Ir/c2*1-10-5-7-11(8-6-10)12-4-2-3-9-13-12;2*1-2;/h2*2-7,9H,1H3;2*2H,1H3;/q2*-1;;;. The third kappa shape index (κ3) is 10.3. The van der Waals surface area contributed by atoms with Crippen molar-refractivity contribution in [3.8, 4) is 22.5 Å². The van der Waals surface area contributed by atoms with E-state index in [-0.39, 0.29) is 20.1 Å². The van der Waals surface area contributed by atoms with E-state index in [1.54, 1.807) is 12.4 Å². The summed E-state index contributed by atoms with van der Waals surface area (Å²) in [6, 6.07) is 30.3. The van der Waals surface area contributed by atoms with Gasteiger partial charge in [-0.25, -0.2) is 0 Å². The molecule has 0 spiro atoms. The van der Waals surface area contributed by atoms with E-state index in [2.05, 4.69) is 48.1 Å². The summed E-state index contributed by atoms with van der Waals surface area (Å²) in [5.41, 5.74) is 6.49. The molecule has 0 aliphatic rings. The number of hydrogen-bond acceptors (Lipinski definition) is 4. The molecule has 0 amide bonds. The van der Waals surface area contributed by atoms with Crippen molar-refractivity contribution in [3.63, 3.8) is 0 Å². The number of aromatic nitrogens is 2. The summed E-state index contributed by atoms with van der Waals surface area (Å²) in [6.45, 7) is 4.11. The number of benzene rings is 2. The van der Waals surface area contributed by atoms with Crippen molar-refractivity contribution >= 4 is 0 Å². The van der Waals surface area contributed by atoms with Crippen LogP contribution in [-0.2, 0) is 20.1 Å². The summed E-state index contributed by atoms with van der Waals surface area (Å²) < 4.78 is 0. The molecule has 0 bridgehead atoms. The van der Waals surface area contributed by atoms with E-state index in [9.17, 15) is 0 Å². The van der Waals surface area contributed by atoms with Gasteiger partial charge in [-0.3, -0.25) is 0 Å². The number of aryl methyl sites for hydroxylation is 2. The molecule has 2 N–H and O–H groups in total. The maximum Gasteiger partial charge on any atom is 0.0319 e. The van der Waals surface area contributed by atoms with Crippen molar-refractivity contribution in [2.24, 2.45) is 0 Å². The van der Waals surface area contributed by atoms with Crippen LogP contribution in [0, 0.1) is 26.0 Å². The van der Waals surface area contributed by atoms with Crippen LogP contribution in [0.5, 0.6) is 0 Å². The Balaban J connectivity index is 0.000000487. The van der Waals surface area contributed by atoms with Gasteiger partial charge in [0, 0.05) is 46.7 Å². The van der Waals surface area contributed by atoms with Gasteiger partial charge in [-0.05, 0) is 23.5 Å². The predicted octanol–water partition coefficient (Wildman–Crippen LogP) is 4.93. The molecule has 0 unspecified atom stereocenters. The molecule has 2 aromatic carbocycles. The van der Waals surface area contributed by atoms with Crippen molar-refractivity contribution in [1.82, 2.24) is 9.97 Å². The Hall–Kier alpha value is -2.69. The summed E-state index contributed by atoms with van der Waals surface area (Å²) in [7, 11) is 2.00. The average Bonchev–Trinajstić information content (AvgIpc) is 2.84. The van der Waals surface area contributed by atoms with Gasteiger partial charge < -0.3 is 20.2 Å². The molecule has 165 valence electrons. The van der Waals surface area contributed by atoms with Crippen molar-refractivity contribution in [1.29, 1.82) is 0 Å². The fourth-order valence-corrected chi connectivity index (χ4v) is 2.37. The first kappa shape index (κ1) is 28.3. The minimum Gasteiger partial charge on any atom is -0.400 e. The van der Waals surface area contributed by atoms with Gasteiger partial charge >= 0.3 is 0 Å². The first-order valence-electron chi connectivity index (χ1n) is 9.41. The summed E-state index contributed by atoms with van der Waals surface area (Å²) in [5, 5.41) is 14.0. The second-order valence-corrected chi connectivity index (χ2v) is 5.99. The fraction of sp³-hybridized carbons (Fsp3) is 0.154. The van der Waals surface area contributed by atoms with Crippen LogP contribution in [0.25, 0.3) is 22.5 Å². The minimum atomic E-state index is 0. The topological polar surface area (TPSA) is 66.2 Å². The number of nitrogens with zero attached hydrogens (tertiary/aromatic N) is 2. The molecule has 1 radical (unpaired) electrons. The molecule has 0 aliphatic heterocycles. The van der Waals surface area contributed by atoms with Gasteiger partial charge in [0.05, 0.1) is 0 Å². The van der Waals surface area contributed by atoms with Crippen molar-refractivity contribution in [3.05, 3.63) is 108 Å². The molecule has 2 aromatic heterocycles. The van der Waals surface area contributed by atoms with Crippen LogP contribution >= 0.6 is 0 Å². The van der Waals surface area contributed by atoms with Crippen LogP contribution in [0.1, 0.15) is 11.1 Å². The second-order valence-electron chi connectivity index (χ2n) is 5.99. The van der Waals surface area contributed by atoms with Crippen LogP contribution in [0.4, 0.5) is 0 Å². The Morgan fingerprint density at radius 3 is 1.23 bits per heavy atom. The van der Waals surface area contributed by atoms with Crippen LogP contribution in [-0.4, -0.2) is 34.4 Å². The average molecular weight is 593 g/mol. The molecule has 0 saturated heterocycles. The first-order chi connectivity index (χ1) is 14.7. The van der Waals surface area contributed by atoms with Crippen LogP contribution in [0.15, 0.2) is 85.2 Å². The Morgan fingerprint density at radius 2 is 0.968 bits per heavy atom. The summed E-state index contributed by atoms with van der Waals surface area (Å²) in [4.78, 5) is 8.49. The van der Waals surface area contributed by atoms with Gasteiger partial charge in [0.15, 0.2) is 0 Å². The van der Waals surface area contributed by atoms with E-state index in [1.807, 2.05) is 60.7 Å². The molecule has 5 heteroatoms. The van der Waals surface area contributed by atoms with E-state index < -0.39 is 0 Å². The zero-order chi connectivity index (χ0) is 22.2. The number of rotatable bonds is 2. The molecule has 4 rings (SSSR count). The largest absolute Gasteiger partial charge is 0.400 e. The Morgan fingerprint density at radius 1 is 0.581 bits per heavy atom. The Kier molecular flexibility index (Phi) is 15.6. The number of aliphatic hydroxyl groups excluding tert-OH is 2. The maximum absolute atomic E-state index is 7.00. The van der Waals surface area contributed by atoms with Crippen molar-refractivity contribution in [2.45, 2.75) is 13.8 Å². The normalized spacial score (nSPS) is 8.71. The van der Waals surface area contributed by atoms with Crippen LogP contribution < -0.4 is 0 Å². The van der Waals surface area contributed by atoms with Crippen LogP contribution in [0.2, 0.25) is 0 Å². The molecule has 2 heterocycles. The van der Waals surface area contributed by atoms with Gasteiger partial charge in [-0.15, -0.1) is 70.8 Å². The SMILES string of the molecule is CO.CO.Cc1c[c-]c(-c2ccccn2)cc1.Cc1c[c-]c(-c2ccccn2)cc1.[Ir]. The molecule has 31 heavy (non-hydrogen) atoms. The third-order valence-corrected chi connectivity index (χ3v) is 3.82. The van der Waals surface area contributed by atoms with Crippen LogP contribution in [0.3, 0.4) is 0 Å². The predicted molar refractivity (Wildman–Crippen MR) is 123 cm³/mol.